The van der Waals surface area contributed by atoms with Crippen LogP contribution in [-0.2, 0) is 4.79 Å². The third-order valence-corrected chi connectivity index (χ3v) is 6.53. The number of Topliss-reactive ketones (excluding diaryl/α,β-unsaturated/α-hetero) is 1. The van der Waals surface area contributed by atoms with Gasteiger partial charge in [-0.1, -0.05) is 42.1 Å². The summed E-state index contributed by atoms with van der Waals surface area (Å²) in [5, 5.41) is 12.1. The molecule has 0 saturated carbocycles. The van der Waals surface area contributed by atoms with Crippen molar-refractivity contribution in [3.05, 3.63) is 60.2 Å². The molecule has 2 heterocycles. The highest BCUT2D eigenvalue weighted by Crippen LogP contribution is 2.31. The Labute approximate surface area is 192 Å². The van der Waals surface area contributed by atoms with Gasteiger partial charge < -0.3 is 10.2 Å². The summed E-state index contributed by atoms with van der Waals surface area (Å²) in [5.74, 6) is 0.537. The van der Waals surface area contributed by atoms with Gasteiger partial charge in [-0.05, 0) is 57.4 Å². The van der Waals surface area contributed by atoms with Crippen molar-refractivity contribution in [2.75, 3.05) is 23.3 Å². The van der Waals surface area contributed by atoms with E-state index in [1.54, 1.807) is 24.3 Å². The molecule has 32 heavy (non-hydrogen) atoms. The molecule has 1 saturated heterocycles. The van der Waals surface area contributed by atoms with Gasteiger partial charge in [0.25, 0.3) is 0 Å². The number of para-hydroxylation sites is 2. The number of carbonyl (C=O) groups excluding carboxylic acids is 2. The SMILES string of the molecule is CC(=O)c1ccccc1NC(=O)C(C)Sc1nnc(N2CCCCC2)n1-c1ccccc1. The molecule has 3 aromatic rings. The minimum atomic E-state index is -0.434. The van der Waals surface area contributed by atoms with E-state index in [9.17, 15) is 9.59 Å². The van der Waals surface area contributed by atoms with Crippen molar-refractivity contribution < 1.29 is 9.59 Å². The maximum absolute atomic E-state index is 12.9. The van der Waals surface area contributed by atoms with Crippen LogP contribution in [-0.4, -0.2) is 44.8 Å². The standard InChI is InChI=1S/C24H27N5O2S/c1-17(30)20-13-7-8-14-21(20)25-22(31)18(2)32-24-27-26-23(28-15-9-4-10-16-28)29(24)19-11-5-3-6-12-19/h3,5-8,11-14,18H,4,9-10,15-16H2,1-2H3,(H,25,31). The van der Waals surface area contributed by atoms with Crippen LogP contribution in [0.5, 0.6) is 0 Å². The van der Waals surface area contributed by atoms with Crippen LogP contribution >= 0.6 is 11.8 Å². The van der Waals surface area contributed by atoms with Gasteiger partial charge in [0.05, 0.1) is 16.6 Å². The van der Waals surface area contributed by atoms with E-state index in [2.05, 4.69) is 20.4 Å². The van der Waals surface area contributed by atoms with Gasteiger partial charge in [-0.3, -0.25) is 14.2 Å². The van der Waals surface area contributed by atoms with Crippen LogP contribution in [0.4, 0.5) is 11.6 Å². The average molecular weight is 450 g/mol. The lowest BCUT2D eigenvalue weighted by Crippen LogP contribution is -2.31. The lowest BCUT2D eigenvalue weighted by Gasteiger charge is -2.28. The second kappa shape index (κ2) is 9.99. The molecular weight excluding hydrogens is 422 g/mol. The highest BCUT2D eigenvalue weighted by atomic mass is 32.2. The van der Waals surface area contributed by atoms with Gasteiger partial charge >= 0.3 is 0 Å². The summed E-state index contributed by atoms with van der Waals surface area (Å²) in [6.45, 7) is 5.23. The Kier molecular flexibility index (Phi) is 6.90. The van der Waals surface area contributed by atoms with Crippen LogP contribution in [0.1, 0.15) is 43.5 Å². The van der Waals surface area contributed by atoms with E-state index in [-0.39, 0.29) is 11.7 Å². The third-order valence-electron chi connectivity index (χ3n) is 5.49. The smallest absolute Gasteiger partial charge is 0.237 e. The average Bonchev–Trinajstić information content (AvgIpc) is 3.23. The van der Waals surface area contributed by atoms with Crippen LogP contribution in [0.3, 0.4) is 0 Å². The summed E-state index contributed by atoms with van der Waals surface area (Å²) in [6.07, 6.45) is 3.51. The number of hydrogen-bond donors (Lipinski definition) is 1. The molecule has 166 valence electrons. The molecule has 1 aliphatic heterocycles. The number of nitrogens with zero attached hydrogens (tertiary/aromatic N) is 4. The molecule has 2 aromatic carbocycles. The van der Waals surface area contributed by atoms with Gasteiger partial charge in [0.1, 0.15) is 0 Å². The predicted octanol–water partition coefficient (Wildman–Crippen LogP) is 4.58. The topological polar surface area (TPSA) is 80.1 Å². The maximum Gasteiger partial charge on any atom is 0.237 e. The van der Waals surface area contributed by atoms with E-state index in [4.69, 9.17) is 0 Å². The van der Waals surface area contributed by atoms with Gasteiger partial charge in [0.2, 0.25) is 11.9 Å². The zero-order valence-corrected chi connectivity index (χ0v) is 19.1. The normalized spacial score (nSPS) is 14.8. The summed E-state index contributed by atoms with van der Waals surface area (Å²) in [6, 6.07) is 17.0. The van der Waals surface area contributed by atoms with E-state index in [0.717, 1.165) is 37.6 Å². The van der Waals surface area contributed by atoms with Crippen LogP contribution in [0, 0.1) is 0 Å². The number of thioether (sulfide) groups is 1. The van der Waals surface area contributed by atoms with E-state index < -0.39 is 5.25 Å². The predicted molar refractivity (Wildman–Crippen MR) is 128 cm³/mol. The number of nitrogens with one attached hydrogen (secondary N) is 1. The molecule has 0 radical (unpaired) electrons. The van der Waals surface area contributed by atoms with E-state index in [1.165, 1.54) is 25.1 Å². The highest BCUT2D eigenvalue weighted by molar-refractivity contribution is 8.00. The second-order valence-corrected chi connectivity index (χ2v) is 9.16. The first kappa shape index (κ1) is 22.1. The quantitative estimate of drug-likeness (QED) is 0.420. The molecule has 0 spiro atoms. The van der Waals surface area contributed by atoms with Crippen molar-refractivity contribution in [1.82, 2.24) is 14.8 Å². The Morgan fingerprint density at radius 3 is 2.38 bits per heavy atom. The number of piperidine rings is 1. The minimum absolute atomic E-state index is 0.0869. The van der Waals surface area contributed by atoms with Crippen molar-refractivity contribution in [2.45, 2.75) is 43.5 Å². The van der Waals surface area contributed by atoms with Gasteiger partial charge in [-0.15, -0.1) is 10.2 Å². The molecule has 1 amide bonds. The molecule has 0 aliphatic carbocycles. The molecule has 1 atom stereocenters. The molecule has 1 aliphatic rings. The lowest BCUT2D eigenvalue weighted by molar-refractivity contribution is -0.115. The Bertz CT molecular complexity index is 1090. The Hall–Kier alpha value is -3.13. The minimum Gasteiger partial charge on any atom is -0.341 e. The number of carbonyl (C=O) groups is 2. The van der Waals surface area contributed by atoms with Crippen LogP contribution in [0.25, 0.3) is 5.69 Å². The van der Waals surface area contributed by atoms with Gasteiger partial charge in [0, 0.05) is 18.7 Å². The molecule has 1 N–H and O–H groups in total. The van der Waals surface area contributed by atoms with Crippen molar-refractivity contribution in [1.29, 1.82) is 0 Å². The first-order valence-electron chi connectivity index (χ1n) is 10.9. The summed E-state index contributed by atoms with van der Waals surface area (Å²) < 4.78 is 2.03. The largest absolute Gasteiger partial charge is 0.341 e. The van der Waals surface area contributed by atoms with E-state index >= 15 is 0 Å². The van der Waals surface area contributed by atoms with Gasteiger partial charge in [0.15, 0.2) is 10.9 Å². The summed E-state index contributed by atoms with van der Waals surface area (Å²) >= 11 is 1.36. The lowest BCUT2D eigenvalue weighted by atomic mass is 10.1. The first-order valence-corrected chi connectivity index (χ1v) is 11.8. The van der Waals surface area contributed by atoms with Crippen LogP contribution in [0.2, 0.25) is 0 Å². The fourth-order valence-electron chi connectivity index (χ4n) is 3.79. The zero-order chi connectivity index (χ0) is 22.5. The molecule has 8 heteroatoms. The van der Waals surface area contributed by atoms with Crippen molar-refractivity contribution >= 4 is 35.1 Å². The molecule has 7 nitrogen and oxygen atoms in total. The second-order valence-electron chi connectivity index (χ2n) is 7.85. The summed E-state index contributed by atoms with van der Waals surface area (Å²) in [5.41, 5.74) is 1.99. The Morgan fingerprint density at radius 2 is 1.66 bits per heavy atom. The van der Waals surface area contributed by atoms with E-state index in [0.29, 0.717) is 16.4 Å². The maximum atomic E-state index is 12.9. The Balaban J connectivity index is 1.58. The number of rotatable bonds is 7. The molecule has 0 bridgehead atoms. The van der Waals surface area contributed by atoms with Gasteiger partial charge in [-0.25, -0.2) is 0 Å². The first-order chi connectivity index (χ1) is 15.5. The molecule has 1 aromatic heterocycles. The third kappa shape index (κ3) is 4.85. The highest BCUT2D eigenvalue weighted by Gasteiger charge is 2.25. The fraction of sp³-hybridized carbons (Fsp3) is 0.333. The molecule has 1 fully saturated rings. The van der Waals surface area contributed by atoms with Gasteiger partial charge in [-0.2, -0.15) is 0 Å². The van der Waals surface area contributed by atoms with E-state index in [1.807, 2.05) is 41.8 Å². The molecule has 1 unspecified atom stereocenters. The number of ketones is 1. The fourth-order valence-corrected chi connectivity index (χ4v) is 4.65. The number of hydrogen-bond acceptors (Lipinski definition) is 6. The van der Waals surface area contributed by atoms with Crippen LogP contribution in [0.15, 0.2) is 59.8 Å². The van der Waals surface area contributed by atoms with Crippen molar-refractivity contribution in [2.24, 2.45) is 0 Å². The summed E-state index contributed by atoms with van der Waals surface area (Å²) in [4.78, 5) is 27.1. The van der Waals surface area contributed by atoms with Crippen molar-refractivity contribution in [3.63, 3.8) is 0 Å². The Morgan fingerprint density at radius 1 is 0.969 bits per heavy atom. The number of anilines is 2. The van der Waals surface area contributed by atoms with Crippen molar-refractivity contribution in [3.8, 4) is 5.69 Å². The molecule has 4 rings (SSSR count). The zero-order valence-electron chi connectivity index (χ0n) is 18.3. The monoisotopic (exact) mass is 449 g/mol. The number of amides is 1. The summed E-state index contributed by atoms with van der Waals surface area (Å²) in [7, 11) is 0. The number of benzene rings is 2. The molecular formula is C24H27N5O2S. The number of aromatic nitrogens is 3. The van der Waals surface area contributed by atoms with Crippen LogP contribution < -0.4 is 10.2 Å².